The van der Waals surface area contributed by atoms with Gasteiger partial charge >= 0.3 is 0 Å². The fraction of sp³-hybridized carbons (Fsp3) is 0.500. The average molecular weight is 297 g/mol. The normalized spacial score (nSPS) is 18.9. The zero-order valence-corrected chi connectivity index (χ0v) is 11.3. The van der Waals surface area contributed by atoms with E-state index in [9.17, 15) is 9.90 Å². The van der Waals surface area contributed by atoms with Crippen molar-refractivity contribution in [3.63, 3.8) is 0 Å². The maximum atomic E-state index is 12.2. The molecule has 1 aromatic carbocycles. The average Bonchev–Trinajstić information content (AvgIpc) is 2.39. The molecular weight excluding hydrogens is 280 g/mol. The molecular formula is C14H17BrO2. The van der Waals surface area contributed by atoms with Crippen LogP contribution in [0.1, 0.15) is 42.5 Å². The number of Topliss-reactive ketones (excluding diaryl/α,β-unsaturated/α-hetero) is 1. The van der Waals surface area contributed by atoms with E-state index in [4.69, 9.17) is 0 Å². The van der Waals surface area contributed by atoms with Gasteiger partial charge < -0.3 is 5.11 Å². The van der Waals surface area contributed by atoms with Crippen molar-refractivity contribution in [3.05, 3.63) is 34.3 Å². The lowest BCUT2D eigenvalue weighted by Gasteiger charge is -2.25. The molecule has 2 rings (SSSR count). The number of carbonyl (C=O) groups is 1. The van der Waals surface area contributed by atoms with Gasteiger partial charge in [0.1, 0.15) is 6.10 Å². The molecule has 0 spiro atoms. The second-order valence-electron chi connectivity index (χ2n) is 4.69. The Morgan fingerprint density at radius 3 is 2.53 bits per heavy atom. The fourth-order valence-corrected chi connectivity index (χ4v) is 2.96. The smallest absolute Gasteiger partial charge is 0.192 e. The Morgan fingerprint density at radius 2 is 1.88 bits per heavy atom. The van der Waals surface area contributed by atoms with E-state index < -0.39 is 6.10 Å². The molecule has 1 saturated carbocycles. The topological polar surface area (TPSA) is 37.3 Å². The van der Waals surface area contributed by atoms with E-state index >= 15 is 0 Å². The van der Waals surface area contributed by atoms with Gasteiger partial charge in [-0.3, -0.25) is 4.79 Å². The molecule has 0 radical (unpaired) electrons. The minimum atomic E-state index is -0.839. The van der Waals surface area contributed by atoms with E-state index in [1.54, 1.807) is 6.07 Å². The molecule has 1 aromatic rings. The summed E-state index contributed by atoms with van der Waals surface area (Å²) in [7, 11) is 0. The van der Waals surface area contributed by atoms with Gasteiger partial charge in [0.25, 0.3) is 0 Å². The molecule has 0 saturated heterocycles. The Balaban J connectivity index is 2.11. The highest BCUT2D eigenvalue weighted by molar-refractivity contribution is 9.10. The second-order valence-corrected chi connectivity index (χ2v) is 5.54. The maximum absolute atomic E-state index is 12.2. The summed E-state index contributed by atoms with van der Waals surface area (Å²) in [5.74, 6) is -0.00673. The van der Waals surface area contributed by atoms with Crippen LogP contribution in [0.15, 0.2) is 28.7 Å². The number of benzene rings is 1. The van der Waals surface area contributed by atoms with Crippen LogP contribution in [0.3, 0.4) is 0 Å². The summed E-state index contributed by atoms with van der Waals surface area (Å²) in [5, 5.41) is 10.1. The highest BCUT2D eigenvalue weighted by Crippen LogP contribution is 2.29. The Labute approximate surface area is 110 Å². The molecule has 0 bridgehead atoms. The number of aliphatic hydroxyl groups excluding tert-OH is 1. The largest absolute Gasteiger partial charge is 0.385 e. The van der Waals surface area contributed by atoms with Crippen LogP contribution in [0, 0.1) is 5.92 Å². The van der Waals surface area contributed by atoms with Crippen LogP contribution >= 0.6 is 15.9 Å². The van der Waals surface area contributed by atoms with Crippen LogP contribution in [0.25, 0.3) is 0 Å². The van der Waals surface area contributed by atoms with Gasteiger partial charge in [-0.2, -0.15) is 0 Å². The molecule has 2 nitrogen and oxygen atoms in total. The third-order valence-corrected chi connectivity index (χ3v) is 4.20. The van der Waals surface area contributed by atoms with Crippen molar-refractivity contribution >= 4 is 21.7 Å². The summed E-state index contributed by atoms with van der Waals surface area (Å²) >= 11 is 3.36. The molecule has 1 N–H and O–H groups in total. The summed E-state index contributed by atoms with van der Waals surface area (Å²) in [5.41, 5.74) is 0.588. The zero-order valence-electron chi connectivity index (χ0n) is 9.73. The number of ketones is 1. The molecule has 1 aliphatic carbocycles. The van der Waals surface area contributed by atoms with Gasteiger partial charge in [0.2, 0.25) is 0 Å². The number of carbonyl (C=O) groups excluding carboxylic acids is 1. The highest BCUT2D eigenvalue weighted by atomic mass is 79.9. The van der Waals surface area contributed by atoms with Crippen LogP contribution in [0.5, 0.6) is 0 Å². The third-order valence-electron chi connectivity index (χ3n) is 3.50. The van der Waals surface area contributed by atoms with E-state index in [-0.39, 0.29) is 11.7 Å². The van der Waals surface area contributed by atoms with Crippen molar-refractivity contribution in [2.45, 2.75) is 38.2 Å². The van der Waals surface area contributed by atoms with E-state index in [1.165, 1.54) is 6.42 Å². The van der Waals surface area contributed by atoms with Crippen molar-refractivity contribution in [1.82, 2.24) is 0 Å². The summed E-state index contributed by atoms with van der Waals surface area (Å²) < 4.78 is 0.764. The first kappa shape index (κ1) is 12.8. The zero-order chi connectivity index (χ0) is 12.3. The molecule has 0 aromatic heterocycles. The van der Waals surface area contributed by atoms with Crippen LogP contribution < -0.4 is 0 Å². The predicted molar refractivity (Wildman–Crippen MR) is 71.1 cm³/mol. The molecule has 0 heterocycles. The summed E-state index contributed by atoms with van der Waals surface area (Å²) in [6, 6.07) is 7.29. The van der Waals surface area contributed by atoms with Crippen molar-refractivity contribution < 1.29 is 9.90 Å². The van der Waals surface area contributed by atoms with Crippen molar-refractivity contribution in [2.75, 3.05) is 0 Å². The van der Waals surface area contributed by atoms with Crippen LogP contribution in [0.2, 0.25) is 0 Å². The number of halogens is 1. The lowest BCUT2D eigenvalue weighted by molar-refractivity contribution is 0.0534. The summed E-state index contributed by atoms with van der Waals surface area (Å²) in [4.78, 5) is 12.2. The van der Waals surface area contributed by atoms with Crippen LogP contribution in [0.4, 0.5) is 0 Å². The highest BCUT2D eigenvalue weighted by Gasteiger charge is 2.28. The summed E-state index contributed by atoms with van der Waals surface area (Å²) in [6.07, 6.45) is 4.59. The third kappa shape index (κ3) is 2.96. The first-order chi connectivity index (χ1) is 8.20. The van der Waals surface area contributed by atoms with Crippen molar-refractivity contribution in [1.29, 1.82) is 0 Å². The first-order valence-corrected chi connectivity index (χ1v) is 6.96. The second kappa shape index (κ2) is 5.78. The Morgan fingerprint density at radius 1 is 1.24 bits per heavy atom. The van der Waals surface area contributed by atoms with Gasteiger partial charge in [0.15, 0.2) is 5.78 Å². The Hall–Kier alpha value is -0.670. The number of hydrogen-bond acceptors (Lipinski definition) is 2. The van der Waals surface area contributed by atoms with Gasteiger partial charge in [-0.15, -0.1) is 0 Å². The van der Waals surface area contributed by atoms with Crippen LogP contribution in [-0.4, -0.2) is 17.0 Å². The minimum Gasteiger partial charge on any atom is -0.385 e. The molecule has 1 unspecified atom stereocenters. The van der Waals surface area contributed by atoms with E-state index in [1.807, 2.05) is 18.2 Å². The van der Waals surface area contributed by atoms with Crippen molar-refractivity contribution in [3.8, 4) is 0 Å². The quantitative estimate of drug-likeness (QED) is 0.866. The lowest BCUT2D eigenvalue weighted by Crippen LogP contribution is -2.31. The monoisotopic (exact) mass is 296 g/mol. The van der Waals surface area contributed by atoms with Gasteiger partial charge in [0, 0.05) is 10.0 Å². The Bertz CT molecular complexity index is 397. The first-order valence-electron chi connectivity index (χ1n) is 6.17. The molecule has 92 valence electrons. The molecule has 3 heteroatoms. The number of rotatable bonds is 3. The lowest BCUT2D eigenvalue weighted by atomic mass is 9.82. The van der Waals surface area contributed by atoms with E-state index in [0.717, 1.165) is 30.2 Å². The van der Waals surface area contributed by atoms with Crippen LogP contribution in [-0.2, 0) is 0 Å². The van der Waals surface area contributed by atoms with E-state index in [2.05, 4.69) is 15.9 Å². The fourth-order valence-electron chi connectivity index (χ4n) is 2.48. The van der Waals surface area contributed by atoms with Gasteiger partial charge in [0.05, 0.1) is 0 Å². The van der Waals surface area contributed by atoms with E-state index in [0.29, 0.717) is 5.56 Å². The maximum Gasteiger partial charge on any atom is 0.192 e. The Kier molecular flexibility index (Phi) is 4.35. The standard InChI is InChI=1S/C14H17BrO2/c15-12-9-5-4-8-11(12)14(17)13(16)10-6-2-1-3-7-10/h4-5,8-10,13,16H,1-3,6-7H2. The minimum absolute atomic E-state index is 0.142. The molecule has 1 fully saturated rings. The molecule has 17 heavy (non-hydrogen) atoms. The molecule has 0 aliphatic heterocycles. The van der Waals surface area contributed by atoms with Gasteiger partial charge in [-0.05, 0) is 24.8 Å². The van der Waals surface area contributed by atoms with Gasteiger partial charge in [-0.1, -0.05) is 53.4 Å². The molecule has 1 atom stereocenters. The van der Waals surface area contributed by atoms with Gasteiger partial charge in [-0.25, -0.2) is 0 Å². The predicted octanol–water partition coefficient (Wildman–Crippen LogP) is 3.57. The number of hydrogen-bond donors (Lipinski definition) is 1. The SMILES string of the molecule is O=C(c1ccccc1Br)C(O)C1CCCCC1. The van der Waals surface area contributed by atoms with Crippen molar-refractivity contribution in [2.24, 2.45) is 5.92 Å². The molecule has 1 aliphatic rings. The molecule has 0 amide bonds. The number of aliphatic hydroxyl groups is 1. The summed E-state index contributed by atoms with van der Waals surface area (Å²) in [6.45, 7) is 0.